The van der Waals surface area contributed by atoms with E-state index in [1.807, 2.05) is 6.07 Å². The van der Waals surface area contributed by atoms with Crippen LogP contribution < -0.4 is 0 Å². The number of rotatable bonds is 5. The minimum Gasteiger partial charge on any atom is -0.309 e. The smallest absolute Gasteiger partial charge is 0.0998 e. The van der Waals surface area contributed by atoms with E-state index in [4.69, 9.17) is 0 Å². The summed E-state index contributed by atoms with van der Waals surface area (Å²) in [6.45, 7) is 0. The van der Waals surface area contributed by atoms with Crippen molar-refractivity contribution in [1.29, 1.82) is 5.26 Å². The number of hydrogen-bond acceptors (Lipinski definition) is 1. The Morgan fingerprint density at radius 1 is 0.340 bits per heavy atom. The van der Waals surface area contributed by atoms with Gasteiger partial charge in [-0.25, -0.2) is 0 Å². The van der Waals surface area contributed by atoms with Gasteiger partial charge in [0.2, 0.25) is 0 Å². The van der Waals surface area contributed by atoms with E-state index in [2.05, 4.69) is 199 Å². The van der Waals surface area contributed by atoms with Crippen molar-refractivity contribution in [1.82, 2.24) is 4.57 Å². The van der Waals surface area contributed by atoms with Gasteiger partial charge in [0.1, 0.15) is 0 Å². The summed E-state index contributed by atoms with van der Waals surface area (Å²) in [6.07, 6.45) is 0. The molecular formula is C51H32N2. The van der Waals surface area contributed by atoms with Gasteiger partial charge in [-0.05, 0) is 96.4 Å². The van der Waals surface area contributed by atoms with Gasteiger partial charge >= 0.3 is 0 Å². The second kappa shape index (κ2) is 12.5. The molecule has 10 aromatic rings. The average Bonchev–Trinajstić information content (AvgIpc) is 3.57. The van der Waals surface area contributed by atoms with Crippen LogP contribution >= 0.6 is 0 Å². The van der Waals surface area contributed by atoms with Gasteiger partial charge in [-0.3, -0.25) is 0 Å². The summed E-state index contributed by atoms with van der Waals surface area (Å²) < 4.78 is 2.26. The second-order valence-corrected chi connectivity index (χ2v) is 13.5. The highest BCUT2D eigenvalue weighted by molar-refractivity contribution is 6.22. The van der Waals surface area contributed by atoms with Crippen molar-refractivity contribution in [3.63, 3.8) is 0 Å². The van der Waals surface area contributed by atoms with Crippen LogP contribution in [0, 0.1) is 11.3 Å². The molecule has 1 aromatic heterocycles. The zero-order valence-corrected chi connectivity index (χ0v) is 28.9. The molecule has 2 heteroatoms. The molecule has 0 saturated heterocycles. The Morgan fingerprint density at radius 2 is 0.811 bits per heavy atom. The number of benzene rings is 9. The van der Waals surface area contributed by atoms with E-state index in [0.717, 1.165) is 39.0 Å². The normalized spacial score (nSPS) is 11.4. The van der Waals surface area contributed by atoms with Crippen molar-refractivity contribution in [3.05, 3.63) is 200 Å². The van der Waals surface area contributed by atoms with Crippen LogP contribution in [-0.2, 0) is 0 Å². The summed E-state index contributed by atoms with van der Waals surface area (Å²) in [5.41, 5.74) is 12.9. The highest BCUT2D eigenvalue weighted by Gasteiger charge is 2.19. The molecule has 0 aliphatic heterocycles. The van der Waals surface area contributed by atoms with Gasteiger partial charge in [-0.1, -0.05) is 164 Å². The Labute approximate surface area is 308 Å². The summed E-state index contributed by atoms with van der Waals surface area (Å²) in [5, 5.41) is 17.9. The van der Waals surface area contributed by atoms with Crippen LogP contribution in [0.15, 0.2) is 194 Å². The molecule has 53 heavy (non-hydrogen) atoms. The molecule has 10 rings (SSSR count). The first-order chi connectivity index (χ1) is 26.3. The minimum atomic E-state index is 0.642. The molecule has 0 bridgehead atoms. The molecule has 0 fully saturated rings. The molecule has 0 saturated carbocycles. The fourth-order valence-corrected chi connectivity index (χ4v) is 8.36. The molecule has 9 aromatic carbocycles. The second-order valence-electron chi connectivity index (χ2n) is 13.5. The summed E-state index contributed by atoms with van der Waals surface area (Å²) in [5.74, 6) is 0. The summed E-state index contributed by atoms with van der Waals surface area (Å²) >= 11 is 0. The third kappa shape index (κ3) is 4.94. The quantitative estimate of drug-likeness (QED) is 0.167. The lowest BCUT2D eigenvalue weighted by Gasteiger charge is -2.20. The molecule has 2 nitrogen and oxygen atoms in total. The van der Waals surface area contributed by atoms with Crippen LogP contribution in [0.3, 0.4) is 0 Å². The summed E-state index contributed by atoms with van der Waals surface area (Å²) in [6, 6.07) is 71.4. The first kappa shape index (κ1) is 30.6. The number of nitrogens with zero attached hydrogens (tertiary/aromatic N) is 2. The van der Waals surface area contributed by atoms with E-state index >= 15 is 0 Å². The van der Waals surface area contributed by atoms with E-state index in [1.165, 1.54) is 54.6 Å². The Bertz CT molecular complexity index is 2960. The van der Waals surface area contributed by atoms with Crippen LogP contribution in [0.1, 0.15) is 5.56 Å². The van der Waals surface area contributed by atoms with E-state index in [1.54, 1.807) is 0 Å². The summed E-state index contributed by atoms with van der Waals surface area (Å²) in [4.78, 5) is 0. The molecule has 0 atom stereocenters. The zero-order valence-electron chi connectivity index (χ0n) is 28.9. The van der Waals surface area contributed by atoms with Crippen molar-refractivity contribution in [3.8, 4) is 56.3 Å². The van der Waals surface area contributed by atoms with Crippen molar-refractivity contribution >= 4 is 43.4 Å². The van der Waals surface area contributed by atoms with Gasteiger partial charge < -0.3 is 4.57 Å². The number of hydrogen-bond donors (Lipinski definition) is 0. The maximum atomic E-state index is 10.6. The molecule has 1 heterocycles. The van der Waals surface area contributed by atoms with Crippen molar-refractivity contribution in [2.75, 3.05) is 0 Å². The van der Waals surface area contributed by atoms with Gasteiger partial charge in [0.15, 0.2) is 0 Å². The van der Waals surface area contributed by atoms with Crippen molar-refractivity contribution < 1.29 is 0 Å². The molecule has 0 spiro atoms. The molecule has 246 valence electrons. The number of aromatic nitrogens is 1. The SMILES string of the molecule is N#Cc1cc(-n2c3ccccc3c3ccccc32)ccc1-c1cccc(-c2ccccc2-c2c3ccccc3c(-c3ccccc3)c3ccccc23)c1. The van der Waals surface area contributed by atoms with Crippen LogP contribution in [0.25, 0.3) is 93.5 Å². The van der Waals surface area contributed by atoms with Gasteiger partial charge in [0.25, 0.3) is 0 Å². The van der Waals surface area contributed by atoms with E-state index in [9.17, 15) is 5.26 Å². The standard InChI is InChI=1S/C51H32N2/c52-33-37-32-38(53-48-27-12-10-20-41(48)42-21-11-13-28-49(42)53)29-30-39(37)35-17-14-18-36(31-35)40-19-4-5-22-43(40)51-46-25-8-6-23-44(46)50(34-15-2-1-3-16-34)45-24-7-9-26-47(45)51/h1-32H. The fraction of sp³-hybridized carbons (Fsp3) is 0. The summed E-state index contributed by atoms with van der Waals surface area (Å²) in [7, 11) is 0. The van der Waals surface area contributed by atoms with Gasteiger partial charge in [0.05, 0.1) is 22.7 Å². The van der Waals surface area contributed by atoms with Crippen molar-refractivity contribution in [2.45, 2.75) is 0 Å². The molecule has 0 N–H and O–H groups in total. The van der Waals surface area contributed by atoms with Crippen LogP contribution in [-0.4, -0.2) is 4.57 Å². The average molecular weight is 673 g/mol. The third-order valence-corrected chi connectivity index (χ3v) is 10.6. The topological polar surface area (TPSA) is 28.7 Å². The number of fused-ring (bicyclic) bond motifs is 5. The van der Waals surface area contributed by atoms with E-state index in [0.29, 0.717) is 5.56 Å². The van der Waals surface area contributed by atoms with E-state index in [-0.39, 0.29) is 0 Å². The van der Waals surface area contributed by atoms with Crippen molar-refractivity contribution in [2.24, 2.45) is 0 Å². The van der Waals surface area contributed by atoms with Gasteiger partial charge in [0, 0.05) is 16.5 Å². The lowest BCUT2D eigenvalue weighted by Crippen LogP contribution is -1.96. The number of para-hydroxylation sites is 2. The maximum absolute atomic E-state index is 10.6. The lowest BCUT2D eigenvalue weighted by molar-refractivity contribution is 1.18. The predicted octanol–water partition coefficient (Wildman–Crippen LogP) is 13.6. The highest BCUT2D eigenvalue weighted by Crippen LogP contribution is 2.46. The molecule has 0 aliphatic carbocycles. The maximum Gasteiger partial charge on any atom is 0.0998 e. The number of nitriles is 1. The Balaban J connectivity index is 1.14. The third-order valence-electron chi connectivity index (χ3n) is 10.6. The molecular weight excluding hydrogens is 641 g/mol. The molecule has 0 unspecified atom stereocenters. The van der Waals surface area contributed by atoms with Crippen LogP contribution in [0.4, 0.5) is 0 Å². The first-order valence-corrected chi connectivity index (χ1v) is 18.0. The monoisotopic (exact) mass is 672 g/mol. The fourth-order valence-electron chi connectivity index (χ4n) is 8.36. The molecule has 0 amide bonds. The first-order valence-electron chi connectivity index (χ1n) is 18.0. The Kier molecular flexibility index (Phi) is 7.23. The predicted molar refractivity (Wildman–Crippen MR) is 222 cm³/mol. The van der Waals surface area contributed by atoms with Gasteiger partial charge in [-0.15, -0.1) is 0 Å². The van der Waals surface area contributed by atoms with Gasteiger partial charge in [-0.2, -0.15) is 5.26 Å². The Morgan fingerprint density at radius 3 is 1.42 bits per heavy atom. The minimum absolute atomic E-state index is 0.642. The molecule has 0 aliphatic rings. The molecule has 0 radical (unpaired) electrons. The highest BCUT2D eigenvalue weighted by atomic mass is 15.0. The lowest BCUT2D eigenvalue weighted by atomic mass is 9.83. The zero-order chi connectivity index (χ0) is 35.3. The van der Waals surface area contributed by atoms with E-state index < -0.39 is 0 Å². The Hall–Kier alpha value is -7.21. The van der Waals surface area contributed by atoms with Crippen LogP contribution in [0.2, 0.25) is 0 Å². The van der Waals surface area contributed by atoms with Crippen LogP contribution in [0.5, 0.6) is 0 Å². The largest absolute Gasteiger partial charge is 0.309 e.